The second-order valence-electron chi connectivity index (χ2n) is 6.51. The Balaban J connectivity index is 1.87. The van der Waals surface area contributed by atoms with Gasteiger partial charge in [-0.1, -0.05) is 31.2 Å². The monoisotopic (exact) mass is 400 g/mol. The molecule has 3 aromatic rings. The molecular formula is C24H20N2O4. The maximum absolute atomic E-state index is 11.2. The molecule has 6 nitrogen and oxygen atoms in total. The van der Waals surface area contributed by atoms with Gasteiger partial charge in [-0.15, -0.1) is 0 Å². The minimum atomic E-state index is -1.00. The van der Waals surface area contributed by atoms with Crippen LogP contribution in [0.3, 0.4) is 0 Å². The molecule has 0 amide bonds. The topological polar surface area (TPSA) is 99.9 Å². The first-order valence-corrected chi connectivity index (χ1v) is 9.35. The van der Waals surface area contributed by atoms with E-state index in [1.165, 1.54) is 12.1 Å². The lowest BCUT2D eigenvalue weighted by Gasteiger charge is -2.07. The van der Waals surface area contributed by atoms with Gasteiger partial charge in [-0.05, 0) is 66.1 Å². The van der Waals surface area contributed by atoms with Gasteiger partial charge in [-0.2, -0.15) is 0 Å². The third-order valence-corrected chi connectivity index (χ3v) is 4.41. The second-order valence-corrected chi connectivity index (χ2v) is 6.51. The van der Waals surface area contributed by atoms with Gasteiger partial charge in [0, 0.05) is 0 Å². The zero-order chi connectivity index (χ0) is 21.5. The summed E-state index contributed by atoms with van der Waals surface area (Å²) in [5, 5.41) is 18.3. The SMILES string of the molecule is CC/C(=C\c1cccc(C=Nc2cccc(C(=O)O)c2)n1)c1cccc(C(=O)O)c1. The Kier molecular flexibility index (Phi) is 6.49. The van der Waals surface area contributed by atoms with Crippen LogP contribution in [0.2, 0.25) is 0 Å². The molecule has 2 aromatic carbocycles. The average Bonchev–Trinajstić information content (AvgIpc) is 2.76. The molecule has 0 aliphatic carbocycles. The predicted octanol–water partition coefficient (Wildman–Crippen LogP) is 5.18. The van der Waals surface area contributed by atoms with E-state index in [0.29, 0.717) is 17.8 Å². The summed E-state index contributed by atoms with van der Waals surface area (Å²) in [6.07, 6.45) is 4.21. The van der Waals surface area contributed by atoms with Gasteiger partial charge in [0.15, 0.2) is 0 Å². The smallest absolute Gasteiger partial charge is 0.335 e. The lowest BCUT2D eigenvalue weighted by atomic mass is 10.00. The lowest BCUT2D eigenvalue weighted by Crippen LogP contribution is -1.97. The third-order valence-electron chi connectivity index (χ3n) is 4.41. The summed E-state index contributed by atoms with van der Waals surface area (Å²) in [4.78, 5) is 31.2. The molecule has 3 rings (SSSR count). The molecule has 30 heavy (non-hydrogen) atoms. The number of rotatable bonds is 7. The summed E-state index contributed by atoms with van der Waals surface area (Å²) in [5.41, 5.74) is 4.08. The van der Waals surface area contributed by atoms with Crippen LogP contribution in [0.1, 0.15) is 51.0 Å². The van der Waals surface area contributed by atoms with Gasteiger partial charge < -0.3 is 10.2 Å². The zero-order valence-corrected chi connectivity index (χ0v) is 16.3. The highest BCUT2D eigenvalue weighted by Crippen LogP contribution is 2.22. The van der Waals surface area contributed by atoms with Crippen molar-refractivity contribution in [1.82, 2.24) is 4.98 Å². The fraction of sp³-hybridized carbons (Fsp3) is 0.0833. The van der Waals surface area contributed by atoms with E-state index in [1.807, 2.05) is 31.2 Å². The van der Waals surface area contributed by atoms with Crippen LogP contribution >= 0.6 is 0 Å². The van der Waals surface area contributed by atoms with Crippen LogP contribution in [0.4, 0.5) is 5.69 Å². The molecule has 0 saturated heterocycles. The van der Waals surface area contributed by atoms with Gasteiger partial charge >= 0.3 is 11.9 Å². The number of carbonyl (C=O) groups is 2. The number of aromatic carboxylic acids is 2. The fourth-order valence-corrected chi connectivity index (χ4v) is 2.90. The van der Waals surface area contributed by atoms with Crippen LogP contribution in [0.15, 0.2) is 71.7 Å². The van der Waals surface area contributed by atoms with Gasteiger partial charge in [0.2, 0.25) is 0 Å². The number of benzene rings is 2. The van der Waals surface area contributed by atoms with Crippen LogP contribution in [0.5, 0.6) is 0 Å². The number of carboxylic acid groups (broad SMARTS) is 2. The highest BCUT2D eigenvalue weighted by Gasteiger charge is 2.07. The molecular weight excluding hydrogens is 380 g/mol. The summed E-state index contributed by atoms with van der Waals surface area (Å²) >= 11 is 0. The third kappa shape index (κ3) is 5.26. The van der Waals surface area contributed by atoms with Gasteiger partial charge in [0.25, 0.3) is 0 Å². The molecule has 0 spiro atoms. The number of allylic oxidation sites excluding steroid dienone is 1. The first-order chi connectivity index (χ1) is 14.5. The van der Waals surface area contributed by atoms with Crippen LogP contribution in [-0.2, 0) is 0 Å². The quantitative estimate of drug-likeness (QED) is 0.532. The molecule has 0 saturated carbocycles. The summed E-state index contributed by atoms with van der Waals surface area (Å²) < 4.78 is 0. The maximum Gasteiger partial charge on any atom is 0.335 e. The van der Waals surface area contributed by atoms with E-state index in [2.05, 4.69) is 9.98 Å². The van der Waals surface area contributed by atoms with Crippen molar-refractivity contribution in [2.45, 2.75) is 13.3 Å². The fourth-order valence-electron chi connectivity index (χ4n) is 2.90. The van der Waals surface area contributed by atoms with Crippen LogP contribution in [0, 0.1) is 0 Å². The van der Waals surface area contributed by atoms with E-state index in [1.54, 1.807) is 42.6 Å². The summed E-state index contributed by atoms with van der Waals surface area (Å²) in [5.74, 6) is -1.97. The molecule has 0 fully saturated rings. The minimum Gasteiger partial charge on any atom is -0.478 e. The summed E-state index contributed by atoms with van der Waals surface area (Å²) in [6, 6.07) is 18.7. The molecule has 0 aliphatic heterocycles. The maximum atomic E-state index is 11.2. The van der Waals surface area contributed by atoms with Crippen molar-refractivity contribution in [2.75, 3.05) is 0 Å². The molecule has 150 valence electrons. The lowest BCUT2D eigenvalue weighted by molar-refractivity contribution is 0.0686. The number of carboxylic acids is 2. The van der Waals surface area contributed by atoms with Crippen molar-refractivity contribution in [3.8, 4) is 0 Å². The molecule has 1 heterocycles. The average molecular weight is 400 g/mol. The number of hydrogen-bond donors (Lipinski definition) is 2. The highest BCUT2D eigenvalue weighted by molar-refractivity contribution is 5.91. The van der Waals surface area contributed by atoms with Gasteiger partial charge in [-0.25, -0.2) is 14.6 Å². The molecule has 6 heteroatoms. The Labute approximate surface area is 173 Å². The van der Waals surface area contributed by atoms with Crippen LogP contribution in [-0.4, -0.2) is 33.4 Å². The number of hydrogen-bond acceptors (Lipinski definition) is 4. The van der Waals surface area contributed by atoms with Gasteiger partial charge in [0.05, 0.1) is 34.4 Å². The Bertz CT molecular complexity index is 1150. The van der Waals surface area contributed by atoms with Crippen molar-refractivity contribution in [3.05, 3.63) is 94.8 Å². The molecule has 0 aliphatic rings. The van der Waals surface area contributed by atoms with E-state index in [-0.39, 0.29) is 11.1 Å². The van der Waals surface area contributed by atoms with E-state index in [9.17, 15) is 14.7 Å². The second kappa shape index (κ2) is 9.43. The first-order valence-electron chi connectivity index (χ1n) is 9.35. The van der Waals surface area contributed by atoms with Gasteiger partial charge in [-0.3, -0.25) is 4.99 Å². The van der Waals surface area contributed by atoms with Crippen molar-refractivity contribution >= 4 is 35.5 Å². The minimum absolute atomic E-state index is 0.172. The normalized spacial score (nSPS) is 11.6. The molecule has 0 bridgehead atoms. The predicted molar refractivity (Wildman–Crippen MR) is 116 cm³/mol. The number of aromatic nitrogens is 1. The molecule has 0 atom stereocenters. The van der Waals surface area contributed by atoms with Crippen molar-refractivity contribution in [3.63, 3.8) is 0 Å². The van der Waals surface area contributed by atoms with E-state index < -0.39 is 11.9 Å². The Morgan fingerprint density at radius 2 is 1.47 bits per heavy atom. The molecule has 2 N–H and O–H groups in total. The molecule has 0 unspecified atom stereocenters. The largest absolute Gasteiger partial charge is 0.478 e. The molecule has 0 radical (unpaired) electrons. The summed E-state index contributed by atoms with van der Waals surface area (Å²) in [7, 11) is 0. The number of aliphatic imine (C=N–C) groups is 1. The standard InChI is InChI=1S/C24H20N2O4/c1-2-16(17-6-3-7-18(12-17)23(27)28)13-21-10-5-11-22(26-21)15-25-20-9-4-8-19(14-20)24(29)30/h3-15H,2H2,1H3,(H,27,28)(H,29,30)/b16-13+,25-15?. The van der Waals surface area contributed by atoms with Crippen molar-refractivity contribution in [2.24, 2.45) is 4.99 Å². The number of pyridine rings is 1. The Morgan fingerprint density at radius 3 is 2.17 bits per heavy atom. The Morgan fingerprint density at radius 1 is 0.867 bits per heavy atom. The van der Waals surface area contributed by atoms with Crippen molar-refractivity contribution in [1.29, 1.82) is 0 Å². The summed E-state index contributed by atoms with van der Waals surface area (Å²) in [6.45, 7) is 2.00. The van der Waals surface area contributed by atoms with E-state index >= 15 is 0 Å². The zero-order valence-electron chi connectivity index (χ0n) is 16.3. The first kappa shape index (κ1) is 20.7. The van der Waals surface area contributed by atoms with E-state index in [4.69, 9.17) is 5.11 Å². The van der Waals surface area contributed by atoms with E-state index in [0.717, 1.165) is 16.8 Å². The van der Waals surface area contributed by atoms with Crippen LogP contribution < -0.4 is 0 Å². The highest BCUT2D eigenvalue weighted by atomic mass is 16.4. The van der Waals surface area contributed by atoms with Gasteiger partial charge in [0.1, 0.15) is 0 Å². The molecule has 1 aromatic heterocycles. The van der Waals surface area contributed by atoms with Crippen molar-refractivity contribution < 1.29 is 19.8 Å². The number of nitrogens with zero attached hydrogens (tertiary/aromatic N) is 2. The van der Waals surface area contributed by atoms with Crippen LogP contribution in [0.25, 0.3) is 11.6 Å². The Hall–Kier alpha value is -4.06.